The second kappa shape index (κ2) is 7.31. The molecule has 2 saturated heterocycles. The SMILES string of the molecule is OCCN1CCN(CCCC2CCCO2)CC1. The predicted octanol–water partition coefficient (Wildman–Crippen LogP) is 0.556. The lowest BCUT2D eigenvalue weighted by atomic mass is 10.1. The predicted molar refractivity (Wildman–Crippen MR) is 68.2 cm³/mol. The highest BCUT2D eigenvalue weighted by Gasteiger charge is 2.18. The zero-order valence-electron chi connectivity index (χ0n) is 10.8. The van der Waals surface area contributed by atoms with Gasteiger partial charge in [0.15, 0.2) is 0 Å². The second-order valence-electron chi connectivity index (χ2n) is 5.18. The maximum Gasteiger partial charge on any atom is 0.0576 e. The standard InChI is InChI=1S/C13H26N2O2/c16-11-10-15-8-6-14(7-9-15)5-1-3-13-4-2-12-17-13/h13,16H,1-12H2. The molecule has 4 nitrogen and oxygen atoms in total. The van der Waals surface area contributed by atoms with Gasteiger partial charge in [0.2, 0.25) is 0 Å². The van der Waals surface area contributed by atoms with Gasteiger partial charge >= 0.3 is 0 Å². The van der Waals surface area contributed by atoms with Crippen molar-refractivity contribution in [2.75, 3.05) is 52.5 Å². The Morgan fingerprint density at radius 2 is 1.76 bits per heavy atom. The van der Waals surface area contributed by atoms with Gasteiger partial charge < -0.3 is 14.7 Å². The van der Waals surface area contributed by atoms with E-state index in [1.54, 1.807) is 0 Å². The average Bonchev–Trinajstić information content (AvgIpc) is 2.85. The van der Waals surface area contributed by atoms with E-state index in [9.17, 15) is 0 Å². The third-order valence-corrected chi connectivity index (χ3v) is 3.91. The minimum absolute atomic E-state index is 0.291. The number of β-amino-alcohol motifs (C(OH)–C–C–N with tert-alkyl or cyclic N) is 1. The first-order valence-corrected chi connectivity index (χ1v) is 7.05. The lowest BCUT2D eigenvalue weighted by Gasteiger charge is -2.34. The van der Waals surface area contributed by atoms with Crippen LogP contribution in [0.15, 0.2) is 0 Å². The first kappa shape index (κ1) is 13.3. The van der Waals surface area contributed by atoms with E-state index in [1.807, 2.05) is 0 Å². The maximum atomic E-state index is 8.88. The van der Waals surface area contributed by atoms with Crippen molar-refractivity contribution in [2.24, 2.45) is 0 Å². The Morgan fingerprint density at radius 3 is 2.35 bits per heavy atom. The van der Waals surface area contributed by atoms with E-state index >= 15 is 0 Å². The van der Waals surface area contributed by atoms with Crippen molar-refractivity contribution in [3.8, 4) is 0 Å². The van der Waals surface area contributed by atoms with E-state index in [2.05, 4.69) is 9.80 Å². The van der Waals surface area contributed by atoms with Gasteiger partial charge in [0.05, 0.1) is 12.7 Å². The molecule has 0 saturated carbocycles. The van der Waals surface area contributed by atoms with Crippen molar-refractivity contribution in [1.29, 1.82) is 0 Å². The molecule has 1 atom stereocenters. The molecule has 17 heavy (non-hydrogen) atoms. The number of ether oxygens (including phenoxy) is 1. The lowest BCUT2D eigenvalue weighted by Crippen LogP contribution is -2.47. The van der Waals surface area contributed by atoms with Gasteiger partial charge in [-0.05, 0) is 32.2 Å². The third kappa shape index (κ3) is 4.54. The molecule has 0 aromatic rings. The summed E-state index contributed by atoms with van der Waals surface area (Å²) in [6.45, 7) is 7.86. The summed E-state index contributed by atoms with van der Waals surface area (Å²) in [4.78, 5) is 4.89. The van der Waals surface area contributed by atoms with E-state index < -0.39 is 0 Å². The molecule has 0 radical (unpaired) electrons. The van der Waals surface area contributed by atoms with E-state index in [1.165, 1.54) is 32.2 Å². The smallest absolute Gasteiger partial charge is 0.0576 e. The molecule has 1 N–H and O–H groups in total. The van der Waals surface area contributed by atoms with Crippen molar-refractivity contribution in [2.45, 2.75) is 31.8 Å². The van der Waals surface area contributed by atoms with Crippen LogP contribution < -0.4 is 0 Å². The van der Waals surface area contributed by atoms with Crippen LogP contribution in [0.25, 0.3) is 0 Å². The van der Waals surface area contributed by atoms with Gasteiger partial charge in [-0.2, -0.15) is 0 Å². The van der Waals surface area contributed by atoms with Crippen LogP contribution in [0, 0.1) is 0 Å². The number of aliphatic hydroxyl groups is 1. The fourth-order valence-corrected chi connectivity index (χ4v) is 2.79. The lowest BCUT2D eigenvalue weighted by molar-refractivity contribution is 0.0879. The number of aliphatic hydroxyl groups excluding tert-OH is 1. The molecular formula is C13H26N2O2. The van der Waals surface area contributed by atoms with Gasteiger partial charge in [-0.25, -0.2) is 0 Å². The summed E-state index contributed by atoms with van der Waals surface area (Å²) in [6.07, 6.45) is 5.57. The quantitative estimate of drug-likeness (QED) is 0.738. The first-order valence-electron chi connectivity index (χ1n) is 7.05. The highest BCUT2D eigenvalue weighted by molar-refractivity contribution is 4.72. The molecule has 2 fully saturated rings. The molecule has 0 aliphatic carbocycles. The minimum atomic E-state index is 0.291. The zero-order chi connectivity index (χ0) is 11.9. The molecule has 2 aliphatic heterocycles. The summed E-state index contributed by atoms with van der Waals surface area (Å²) in [5.74, 6) is 0. The molecule has 0 bridgehead atoms. The topological polar surface area (TPSA) is 35.9 Å². The highest BCUT2D eigenvalue weighted by Crippen LogP contribution is 2.17. The molecule has 0 amide bonds. The fraction of sp³-hybridized carbons (Fsp3) is 1.00. The summed E-state index contributed by atoms with van der Waals surface area (Å²) in [5.41, 5.74) is 0. The molecule has 1 unspecified atom stereocenters. The molecule has 2 rings (SSSR count). The van der Waals surface area contributed by atoms with Crippen LogP contribution in [0.1, 0.15) is 25.7 Å². The Hall–Kier alpha value is -0.160. The van der Waals surface area contributed by atoms with Gasteiger partial charge in [0.1, 0.15) is 0 Å². The van der Waals surface area contributed by atoms with Crippen molar-refractivity contribution in [3.63, 3.8) is 0 Å². The molecule has 4 heteroatoms. The van der Waals surface area contributed by atoms with Crippen LogP contribution in [-0.4, -0.2) is 73.5 Å². The van der Waals surface area contributed by atoms with Crippen LogP contribution in [0.2, 0.25) is 0 Å². The van der Waals surface area contributed by atoms with Gasteiger partial charge in [-0.15, -0.1) is 0 Å². The van der Waals surface area contributed by atoms with Crippen molar-refractivity contribution < 1.29 is 9.84 Å². The van der Waals surface area contributed by atoms with Crippen molar-refractivity contribution in [1.82, 2.24) is 9.80 Å². The third-order valence-electron chi connectivity index (χ3n) is 3.91. The number of rotatable bonds is 6. The summed E-state index contributed by atoms with van der Waals surface area (Å²) in [6, 6.07) is 0. The van der Waals surface area contributed by atoms with E-state index in [0.29, 0.717) is 12.7 Å². The number of hydrogen-bond donors (Lipinski definition) is 1. The summed E-state index contributed by atoms with van der Waals surface area (Å²) < 4.78 is 5.64. The molecular weight excluding hydrogens is 216 g/mol. The molecule has 0 aromatic carbocycles. The summed E-state index contributed by atoms with van der Waals surface area (Å²) >= 11 is 0. The van der Waals surface area contributed by atoms with E-state index in [4.69, 9.17) is 9.84 Å². The number of hydrogen-bond acceptors (Lipinski definition) is 4. The summed E-state index contributed by atoms with van der Waals surface area (Å²) in [5, 5.41) is 8.88. The zero-order valence-corrected chi connectivity index (χ0v) is 10.8. The highest BCUT2D eigenvalue weighted by atomic mass is 16.5. The molecule has 100 valence electrons. The Bertz CT molecular complexity index is 200. The van der Waals surface area contributed by atoms with Crippen molar-refractivity contribution in [3.05, 3.63) is 0 Å². The molecule has 0 spiro atoms. The van der Waals surface area contributed by atoms with Crippen molar-refractivity contribution >= 4 is 0 Å². The Labute approximate surface area is 105 Å². The maximum absolute atomic E-state index is 8.88. The largest absolute Gasteiger partial charge is 0.395 e. The van der Waals surface area contributed by atoms with Gasteiger partial charge in [0.25, 0.3) is 0 Å². The van der Waals surface area contributed by atoms with E-state index in [-0.39, 0.29) is 0 Å². The Kier molecular flexibility index (Phi) is 5.71. The number of nitrogens with zero attached hydrogens (tertiary/aromatic N) is 2. The number of piperazine rings is 1. The van der Waals surface area contributed by atoms with Crippen LogP contribution in [0.3, 0.4) is 0 Å². The normalized spacial score (nSPS) is 27.7. The Balaban J connectivity index is 1.52. The summed E-state index contributed by atoms with van der Waals surface area (Å²) in [7, 11) is 0. The van der Waals surface area contributed by atoms with Crippen LogP contribution in [-0.2, 0) is 4.74 Å². The first-order chi connectivity index (χ1) is 8.38. The van der Waals surface area contributed by atoms with Gasteiger partial charge in [-0.3, -0.25) is 4.90 Å². The average molecular weight is 242 g/mol. The van der Waals surface area contributed by atoms with Gasteiger partial charge in [-0.1, -0.05) is 0 Å². The Morgan fingerprint density at radius 1 is 1.06 bits per heavy atom. The van der Waals surface area contributed by atoms with E-state index in [0.717, 1.165) is 39.3 Å². The molecule has 2 aliphatic rings. The molecule has 0 aromatic heterocycles. The second-order valence-corrected chi connectivity index (χ2v) is 5.18. The fourth-order valence-electron chi connectivity index (χ4n) is 2.79. The van der Waals surface area contributed by atoms with Crippen LogP contribution in [0.5, 0.6) is 0 Å². The molecule has 2 heterocycles. The minimum Gasteiger partial charge on any atom is -0.395 e. The van der Waals surface area contributed by atoms with Crippen LogP contribution >= 0.6 is 0 Å². The van der Waals surface area contributed by atoms with Gasteiger partial charge in [0, 0.05) is 39.3 Å². The monoisotopic (exact) mass is 242 g/mol. The van der Waals surface area contributed by atoms with Crippen LogP contribution in [0.4, 0.5) is 0 Å².